The van der Waals surface area contributed by atoms with Crippen molar-refractivity contribution in [3.8, 4) is 0 Å². The van der Waals surface area contributed by atoms with Gasteiger partial charge in [0, 0.05) is 37.4 Å². The fourth-order valence-electron chi connectivity index (χ4n) is 2.76. The van der Waals surface area contributed by atoms with Crippen LogP contribution in [0.2, 0.25) is 0 Å². The lowest BCUT2D eigenvalue weighted by molar-refractivity contribution is -0.128. The molecule has 5 nitrogen and oxygen atoms in total. The van der Waals surface area contributed by atoms with E-state index < -0.39 is 0 Å². The number of benzene rings is 1. The molecule has 0 spiro atoms. The Bertz CT molecular complexity index is 698. The van der Waals surface area contributed by atoms with E-state index in [2.05, 4.69) is 5.32 Å². The SMILES string of the molecule is O=C(NCCSCc1ccco1)c1ccc(CN2CCCC2=O)cc1. The summed E-state index contributed by atoms with van der Waals surface area (Å²) in [4.78, 5) is 25.7. The quantitative estimate of drug-likeness (QED) is 0.737. The predicted octanol–water partition coefficient (Wildman–Crippen LogP) is 3.07. The van der Waals surface area contributed by atoms with Crippen LogP contribution < -0.4 is 5.32 Å². The Morgan fingerprint density at radius 3 is 2.76 bits per heavy atom. The smallest absolute Gasteiger partial charge is 0.251 e. The molecule has 0 saturated carbocycles. The number of carbonyl (C=O) groups is 2. The van der Waals surface area contributed by atoms with Gasteiger partial charge >= 0.3 is 0 Å². The molecule has 1 saturated heterocycles. The maximum atomic E-state index is 12.1. The summed E-state index contributed by atoms with van der Waals surface area (Å²) in [7, 11) is 0. The fraction of sp³-hybridized carbons (Fsp3) is 0.368. The van der Waals surface area contributed by atoms with Crippen LogP contribution >= 0.6 is 11.8 Å². The van der Waals surface area contributed by atoms with Gasteiger partial charge in [-0.25, -0.2) is 0 Å². The minimum absolute atomic E-state index is 0.0672. The Kier molecular flexibility index (Phi) is 6.17. The topological polar surface area (TPSA) is 62.6 Å². The molecule has 0 aliphatic carbocycles. The Morgan fingerprint density at radius 2 is 2.08 bits per heavy atom. The summed E-state index contributed by atoms with van der Waals surface area (Å²) in [6.45, 7) is 2.08. The summed E-state index contributed by atoms with van der Waals surface area (Å²) in [6, 6.07) is 11.3. The van der Waals surface area contributed by atoms with Crippen LogP contribution in [0.25, 0.3) is 0 Å². The number of furan rings is 1. The van der Waals surface area contributed by atoms with Crippen molar-refractivity contribution in [3.05, 3.63) is 59.5 Å². The first-order chi connectivity index (χ1) is 12.2. The van der Waals surface area contributed by atoms with Crippen molar-refractivity contribution in [2.75, 3.05) is 18.8 Å². The molecule has 1 aromatic heterocycles. The van der Waals surface area contributed by atoms with Gasteiger partial charge in [0.15, 0.2) is 0 Å². The van der Waals surface area contributed by atoms with E-state index in [9.17, 15) is 9.59 Å². The van der Waals surface area contributed by atoms with Crippen molar-refractivity contribution in [3.63, 3.8) is 0 Å². The third-order valence-corrected chi connectivity index (χ3v) is 5.10. The van der Waals surface area contributed by atoms with E-state index in [0.29, 0.717) is 25.1 Å². The highest BCUT2D eigenvalue weighted by Gasteiger charge is 2.19. The number of thioether (sulfide) groups is 1. The first-order valence-corrected chi connectivity index (χ1v) is 9.63. The van der Waals surface area contributed by atoms with Gasteiger partial charge in [-0.1, -0.05) is 12.1 Å². The van der Waals surface area contributed by atoms with Gasteiger partial charge in [0.25, 0.3) is 5.91 Å². The van der Waals surface area contributed by atoms with E-state index in [1.807, 2.05) is 41.3 Å². The lowest BCUT2D eigenvalue weighted by atomic mass is 10.1. The molecule has 6 heteroatoms. The Morgan fingerprint density at radius 1 is 1.24 bits per heavy atom. The molecule has 132 valence electrons. The van der Waals surface area contributed by atoms with E-state index in [1.165, 1.54) is 0 Å². The molecular weight excluding hydrogens is 336 g/mol. The second-order valence-electron chi connectivity index (χ2n) is 6.00. The third kappa shape index (κ3) is 5.13. The van der Waals surface area contributed by atoms with Gasteiger partial charge in [-0.05, 0) is 36.2 Å². The summed E-state index contributed by atoms with van der Waals surface area (Å²) in [5.41, 5.74) is 1.70. The first kappa shape index (κ1) is 17.6. The van der Waals surface area contributed by atoms with Gasteiger partial charge in [0.1, 0.15) is 5.76 Å². The number of amides is 2. The highest BCUT2D eigenvalue weighted by molar-refractivity contribution is 7.98. The second-order valence-corrected chi connectivity index (χ2v) is 7.11. The summed E-state index contributed by atoms with van der Waals surface area (Å²) in [5, 5.41) is 2.92. The van der Waals surface area contributed by atoms with E-state index in [1.54, 1.807) is 18.0 Å². The van der Waals surface area contributed by atoms with E-state index in [-0.39, 0.29) is 11.8 Å². The van der Waals surface area contributed by atoms with Crippen molar-refractivity contribution < 1.29 is 14.0 Å². The highest BCUT2D eigenvalue weighted by atomic mass is 32.2. The van der Waals surface area contributed by atoms with Crippen LogP contribution in [0.5, 0.6) is 0 Å². The van der Waals surface area contributed by atoms with Crippen molar-refractivity contribution in [1.29, 1.82) is 0 Å². The van der Waals surface area contributed by atoms with Gasteiger partial charge in [-0.2, -0.15) is 11.8 Å². The molecule has 0 unspecified atom stereocenters. The van der Waals surface area contributed by atoms with Crippen molar-refractivity contribution in [1.82, 2.24) is 10.2 Å². The van der Waals surface area contributed by atoms with Gasteiger partial charge < -0.3 is 14.6 Å². The normalized spacial score (nSPS) is 14.1. The molecule has 1 aliphatic rings. The standard InChI is InChI=1S/C19H22N2O3S/c22-18-4-1-10-21(18)13-15-5-7-16(8-6-15)19(23)20-9-12-25-14-17-3-2-11-24-17/h2-3,5-8,11H,1,4,9-10,12-14H2,(H,20,23). The average Bonchev–Trinajstić information content (AvgIpc) is 3.27. The average molecular weight is 358 g/mol. The molecule has 2 aromatic rings. The molecule has 1 aliphatic heterocycles. The van der Waals surface area contributed by atoms with Crippen molar-refractivity contribution in [2.24, 2.45) is 0 Å². The molecule has 2 heterocycles. The molecule has 3 rings (SSSR count). The van der Waals surface area contributed by atoms with Crippen LogP contribution in [0.4, 0.5) is 0 Å². The van der Waals surface area contributed by atoms with Crippen molar-refractivity contribution >= 4 is 23.6 Å². The molecule has 0 radical (unpaired) electrons. The molecular formula is C19H22N2O3S. The van der Waals surface area contributed by atoms with Crippen LogP contribution in [0.1, 0.15) is 34.5 Å². The molecule has 1 aromatic carbocycles. The maximum Gasteiger partial charge on any atom is 0.251 e. The first-order valence-electron chi connectivity index (χ1n) is 8.47. The lowest BCUT2D eigenvalue weighted by Gasteiger charge is -2.15. The number of hydrogen-bond acceptors (Lipinski definition) is 4. The second kappa shape index (κ2) is 8.76. The van der Waals surface area contributed by atoms with E-state index in [4.69, 9.17) is 4.42 Å². The summed E-state index contributed by atoms with van der Waals surface area (Å²) in [6.07, 6.45) is 3.26. The van der Waals surface area contributed by atoms with Crippen molar-refractivity contribution in [2.45, 2.75) is 25.1 Å². The number of rotatable bonds is 8. The number of carbonyl (C=O) groups excluding carboxylic acids is 2. The van der Waals surface area contributed by atoms with Crippen LogP contribution in [0.3, 0.4) is 0 Å². The largest absolute Gasteiger partial charge is 0.468 e. The summed E-state index contributed by atoms with van der Waals surface area (Å²) >= 11 is 1.72. The molecule has 0 atom stereocenters. The number of hydrogen-bond donors (Lipinski definition) is 1. The van der Waals surface area contributed by atoms with Gasteiger partial charge in [0.2, 0.25) is 5.91 Å². The minimum atomic E-state index is -0.0672. The van der Waals surface area contributed by atoms with E-state index in [0.717, 1.165) is 35.8 Å². The van der Waals surface area contributed by atoms with E-state index >= 15 is 0 Å². The lowest BCUT2D eigenvalue weighted by Crippen LogP contribution is -2.26. The van der Waals surface area contributed by atoms with Crippen LogP contribution in [0, 0.1) is 0 Å². The highest BCUT2D eigenvalue weighted by Crippen LogP contribution is 2.15. The Labute approximate surface area is 151 Å². The zero-order valence-corrected chi connectivity index (χ0v) is 14.9. The molecule has 25 heavy (non-hydrogen) atoms. The summed E-state index contributed by atoms with van der Waals surface area (Å²) < 4.78 is 5.26. The van der Waals surface area contributed by atoms with Gasteiger partial charge in [-0.15, -0.1) is 0 Å². The Balaban J connectivity index is 1.39. The van der Waals surface area contributed by atoms with Gasteiger partial charge in [0.05, 0.1) is 12.0 Å². The fourth-order valence-corrected chi connectivity index (χ4v) is 3.52. The maximum absolute atomic E-state index is 12.1. The Hall–Kier alpha value is -2.21. The minimum Gasteiger partial charge on any atom is -0.468 e. The number of nitrogens with one attached hydrogen (secondary N) is 1. The van der Waals surface area contributed by atoms with Gasteiger partial charge in [-0.3, -0.25) is 9.59 Å². The number of nitrogens with zero attached hydrogens (tertiary/aromatic N) is 1. The predicted molar refractivity (Wildman–Crippen MR) is 98.3 cm³/mol. The third-order valence-electron chi connectivity index (χ3n) is 4.12. The number of likely N-dealkylation sites (tertiary alicyclic amines) is 1. The summed E-state index contributed by atoms with van der Waals surface area (Å²) in [5.74, 6) is 2.74. The molecule has 2 amide bonds. The van der Waals surface area contributed by atoms with Crippen LogP contribution in [0.15, 0.2) is 47.1 Å². The molecule has 1 fully saturated rings. The zero-order valence-electron chi connectivity index (χ0n) is 14.1. The molecule has 0 bridgehead atoms. The van der Waals surface area contributed by atoms with Crippen LogP contribution in [-0.4, -0.2) is 35.6 Å². The molecule has 1 N–H and O–H groups in total. The zero-order chi connectivity index (χ0) is 17.5. The van der Waals surface area contributed by atoms with Crippen LogP contribution in [-0.2, 0) is 17.1 Å². The monoisotopic (exact) mass is 358 g/mol.